The van der Waals surface area contributed by atoms with Crippen molar-refractivity contribution in [2.45, 2.75) is 6.92 Å². The minimum atomic E-state index is -0.799. The van der Waals surface area contributed by atoms with Crippen molar-refractivity contribution in [2.75, 3.05) is 6.61 Å². The number of hydrogen-bond donors (Lipinski definition) is 1. The number of para-hydroxylation sites is 1. The molecule has 0 saturated heterocycles. The third kappa shape index (κ3) is 4.17. The standard InChI is InChI=1S/C6H4FNO2.C2H6O/c7-5-3-1-2-4-6(5)8(9)10;1-2-3/h1-4H;3H,2H2,1H3. The summed E-state index contributed by atoms with van der Waals surface area (Å²) in [5.41, 5.74) is -0.484. The van der Waals surface area contributed by atoms with Crippen LogP contribution in [-0.4, -0.2) is 16.6 Å². The quantitative estimate of drug-likeness (QED) is 0.538. The van der Waals surface area contributed by atoms with Gasteiger partial charge in [-0.15, -0.1) is 0 Å². The van der Waals surface area contributed by atoms with Gasteiger partial charge in [-0.25, -0.2) is 0 Å². The molecular formula is C8H10FNO3. The van der Waals surface area contributed by atoms with Crippen LogP contribution in [0, 0.1) is 15.9 Å². The molecule has 72 valence electrons. The average molecular weight is 187 g/mol. The minimum absolute atomic E-state index is 0.250. The molecule has 0 amide bonds. The summed E-state index contributed by atoms with van der Waals surface area (Å²) in [5.74, 6) is -0.799. The van der Waals surface area contributed by atoms with Crippen molar-refractivity contribution >= 4 is 5.69 Å². The normalized spacial score (nSPS) is 8.54. The number of aliphatic hydroxyl groups excluding tert-OH is 1. The van der Waals surface area contributed by atoms with Crippen molar-refractivity contribution in [1.82, 2.24) is 0 Å². The van der Waals surface area contributed by atoms with Gasteiger partial charge in [0.2, 0.25) is 5.82 Å². The van der Waals surface area contributed by atoms with E-state index in [1.807, 2.05) is 0 Å². The fourth-order valence-electron chi connectivity index (χ4n) is 0.600. The summed E-state index contributed by atoms with van der Waals surface area (Å²) in [5, 5.41) is 17.6. The van der Waals surface area contributed by atoms with E-state index in [9.17, 15) is 14.5 Å². The smallest absolute Gasteiger partial charge is 0.304 e. The van der Waals surface area contributed by atoms with E-state index in [4.69, 9.17) is 5.11 Å². The van der Waals surface area contributed by atoms with E-state index in [-0.39, 0.29) is 6.61 Å². The number of nitrogens with zero attached hydrogens (tertiary/aromatic N) is 1. The maximum absolute atomic E-state index is 12.4. The molecule has 13 heavy (non-hydrogen) atoms. The van der Waals surface area contributed by atoms with Crippen LogP contribution in [0.3, 0.4) is 0 Å². The van der Waals surface area contributed by atoms with Gasteiger partial charge in [-0.05, 0) is 13.0 Å². The van der Waals surface area contributed by atoms with Crippen LogP contribution in [0.4, 0.5) is 10.1 Å². The molecule has 0 saturated carbocycles. The Morgan fingerprint density at radius 1 is 1.54 bits per heavy atom. The lowest BCUT2D eigenvalue weighted by molar-refractivity contribution is -0.387. The first kappa shape index (κ1) is 11.5. The van der Waals surface area contributed by atoms with Gasteiger partial charge in [-0.3, -0.25) is 10.1 Å². The summed E-state index contributed by atoms with van der Waals surface area (Å²) in [6.45, 7) is 1.93. The lowest BCUT2D eigenvalue weighted by Gasteiger charge is -1.89. The molecule has 0 fully saturated rings. The molecule has 0 aliphatic rings. The highest BCUT2D eigenvalue weighted by Crippen LogP contribution is 2.14. The SMILES string of the molecule is CCO.O=[N+]([O-])c1ccccc1F. The molecule has 1 rings (SSSR count). The number of rotatable bonds is 1. The number of nitro groups is 1. The predicted octanol–water partition coefficient (Wildman–Crippen LogP) is 1.73. The molecular weight excluding hydrogens is 177 g/mol. The van der Waals surface area contributed by atoms with Crippen LogP contribution in [0.5, 0.6) is 0 Å². The number of hydrogen-bond acceptors (Lipinski definition) is 3. The highest BCUT2D eigenvalue weighted by Gasteiger charge is 2.09. The fraction of sp³-hybridized carbons (Fsp3) is 0.250. The molecule has 0 radical (unpaired) electrons. The molecule has 0 aliphatic carbocycles. The molecule has 0 aromatic heterocycles. The topological polar surface area (TPSA) is 63.4 Å². The molecule has 1 aromatic rings. The van der Waals surface area contributed by atoms with Crippen molar-refractivity contribution in [3.8, 4) is 0 Å². The lowest BCUT2D eigenvalue weighted by atomic mass is 10.3. The van der Waals surface area contributed by atoms with Crippen LogP contribution >= 0.6 is 0 Å². The van der Waals surface area contributed by atoms with Gasteiger partial charge in [-0.1, -0.05) is 12.1 Å². The molecule has 0 atom stereocenters. The van der Waals surface area contributed by atoms with Gasteiger partial charge >= 0.3 is 5.69 Å². The van der Waals surface area contributed by atoms with E-state index < -0.39 is 16.4 Å². The highest BCUT2D eigenvalue weighted by molar-refractivity contribution is 5.30. The Morgan fingerprint density at radius 3 is 2.31 bits per heavy atom. The number of nitro benzene ring substituents is 1. The summed E-state index contributed by atoms with van der Waals surface area (Å²) in [6.07, 6.45) is 0. The Kier molecular flexibility index (Phi) is 5.38. The van der Waals surface area contributed by atoms with Crippen LogP contribution in [-0.2, 0) is 0 Å². The van der Waals surface area contributed by atoms with Crippen molar-refractivity contribution < 1.29 is 14.4 Å². The van der Waals surface area contributed by atoms with Crippen LogP contribution in [0.15, 0.2) is 24.3 Å². The summed E-state index contributed by atoms with van der Waals surface area (Å²) in [6, 6.07) is 5.00. The molecule has 1 aromatic carbocycles. The molecule has 0 aliphatic heterocycles. The van der Waals surface area contributed by atoms with Gasteiger partial charge in [0.05, 0.1) is 4.92 Å². The first-order valence-electron chi connectivity index (χ1n) is 3.63. The van der Waals surface area contributed by atoms with Crippen LogP contribution in [0.25, 0.3) is 0 Å². The van der Waals surface area contributed by atoms with Crippen molar-refractivity contribution in [3.05, 3.63) is 40.2 Å². The second-order valence-corrected chi connectivity index (χ2v) is 2.02. The van der Waals surface area contributed by atoms with Crippen molar-refractivity contribution in [2.24, 2.45) is 0 Å². The largest absolute Gasteiger partial charge is 0.397 e. The van der Waals surface area contributed by atoms with Gasteiger partial charge in [-0.2, -0.15) is 4.39 Å². The molecule has 0 unspecified atom stereocenters. The summed E-state index contributed by atoms with van der Waals surface area (Å²) in [4.78, 5) is 9.23. The summed E-state index contributed by atoms with van der Waals surface area (Å²) >= 11 is 0. The zero-order valence-electron chi connectivity index (χ0n) is 7.11. The van der Waals surface area contributed by atoms with Gasteiger partial charge in [0.1, 0.15) is 0 Å². The van der Waals surface area contributed by atoms with E-state index in [1.54, 1.807) is 6.92 Å². The van der Waals surface area contributed by atoms with E-state index >= 15 is 0 Å². The van der Waals surface area contributed by atoms with Gasteiger partial charge in [0.15, 0.2) is 0 Å². The lowest BCUT2D eigenvalue weighted by Crippen LogP contribution is -1.90. The molecule has 1 N–H and O–H groups in total. The Bertz CT molecular complexity index is 278. The first-order chi connectivity index (χ1) is 6.13. The van der Waals surface area contributed by atoms with E-state index in [2.05, 4.69) is 0 Å². The Labute approximate surface area is 74.8 Å². The minimum Gasteiger partial charge on any atom is -0.397 e. The van der Waals surface area contributed by atoms with Crippen LogP contribution < -0.4 is 0 Å². The molecule has 0 bridgehead atoms. The van der Waals surface area contributed by atoms with Crippen LogP contribution in [0.2, 0.25) is 0 Å². The van der Waals surface area contributed by atoms with E-state index in [0.29, 0.717) is 0 Å². The Balaban J connectivity index is 0.000000424. The van der Waals surface area contributed by atoms with Crippen LogP contribution in [0.1, 0.15) is 6.92 Å². The van der Waals surface area contributed by atoms with E-state index in [0.717, 1.165) is 12.1 Å². The third-order valence-corrected chi connectivity index (χ3v) is 1.05. The van der Waals surface area contributed by atoms with Crippen molar-refractivity contribution in [3.63, 3.8) is 0 Å². The monoisotopic (exact) mass is 187 g/mol. The van der Waals surface area contributed by atoms with Gasteiger partial charge in [0.25, 0.3) is 0 Å². The fourth-order valence-corrected chi connectivity index (χ4v) is 0.600. The summed E-state index contributed by atoms with van der Waals surface area (Å²) in [7, 11) is 0. The number of benzene rings is 1. The average Bonchev–Trinajstić information content (AvgIpc) is 2.06. The maximum atomic E-state index is 12.4. The zero-order valence-corrected chi connectivity index (χ0v) is 7.11. The molecule has 4 nitrogen and oxygen atoms in total. The zero-order chi connectivity index (χ0) is 10.3. The molecule has 0 heterocycles. The summed E-state index contributed by atoms with van der Waals surface area (Å²) < 4.78 is 12.4. The Morgan fingerprint density at radius 2 is 2.00 bits per heavy atom. The maximum Gasteiger partial charge on any atom is 0.304 e. The number of halogens is 1. The number of aliphatic hydroxyl groups is 1. The molecule has 0 spiro atoms. The molecule has 5 heteroatoms. The predicted molar refractivity (Wildman–Crippen MR) is 45.8 cm³/mol. The highest BCUT2D eigenvalue weighted by atomic mass is 19.1. The van der Waals surface area contributed by atoms with E-state index in [1.165, 1.54) is 12.1 Å². The first-order valence-corrected chi connectivity index (χ1v) is 3.63. The van der Waals surface area contributed by atoms with Gasteiger partial charge < -0.3 is 5.11 Å². The Hall–Kier alpha value is -1.49. The third-order valence-electron chi connectivity index (χ3n) is 1.05. The van der Waals surface area contributed by atoms with Gasteiger partial charge in [0, 0.05) is 12.7 Å². The second-order valence-electron chi connectivity index (χ2n) is 2.02. The second kappa shape index (κ2) is 6.07. The van der Waals surface area contributed by atoms with Crippen molar-refractivity contribution in [1.29, 1.82) is 0 Å².